The molecule has 0 amide bonds. The van der Waals surface area contributed by atoms with Gasteiger partial charge < -0.3 is 10.5 Å². The number of hydrogen-bond donors (Lipinski definition) is 1. The van der Waals surface area contributed by atoms with Gasteiger partial charge in [0.1, 0.15) is 12.1 Å². The summed E-state index contributed by atoms with van der Waals surface area (Å²) in [5.41, 5.74) is 7.72. The molecule has 0 aromatic carbocycles. The molecule has 19 heavy (non-hydrogen) atoms. The number of aromatic nitrogens is 3. The Morgan fingerprint density at radius 2 is 2.05 bits per heavy atom. The molecule has 0 fully saturated rings. The smallest absolute Gasteiger partial charge is 0.222 e. The molecule has 2 N–H and O–H groups in total. The molecule has 0 aliphatic heterocycles. The Labute approximate surface area is 112 Å². The highest BCUT2D eigenvalue weighted by Crippen LogP contribution is 2.27. The fraction of sp³-hybridized carbons (Fsp3) is 0.357. The molecule has 2 aromatic heterocycles. The van der Waals surface area contributed by atoms with Crippen molar-refractivity contribution in [2.24, 2.45) is 0 Å². The molecule has 0 atom stereocenters. The van der Waals surface area contributed by atoms with E-state index in [-0.39, 0.29) is 5.92 Å². The summed E-state index contributed by atoms with van der Waals surface area (Å²) in [6.07, 6.45) is 3.94. The SMILES string of the molecule is CC(C)c1c(N)ncnc1OCCc1ccccn1. The Hall–Kier alpha value is -2.17. The van der Waals surface area contributed by atoms with Crippen LogP contribution in [0.4, 0.5) is 5.82 Å². The molecule has 5 heteroatoms. The van der Waals surface area contributed by atoms with Gasteiger partial charge in [0.2, 0.25) is 5.88 Å². The highest BCUT2D eigenvalue weighted by molar-refractivity contribution is 5.46. The second-order valence-electron chi connectivity index (χ2n) is 4.55. The Bertz CT molecular complexity index is 528. The summed E-state index contributed by atoms with van der Waals surface area (Å²) in [7, 11) is 0. The first kappa shape index (κ1) is 13.3. The van der Waals surface area contributed by atoms with E-state index in [0.29, 0.717) is 18.3 Å². The largest absolute Gasteiger partial charge is 0.477 e. The molecule has 0 saturated heterocycles. The van der Waals surface area contributed by atoms with Gasteiger partial charge in [-0.15, -0.1) is 0 Å². The Balaban J connectivity index is 2.02. The van der Waals surface area contributed by atoms with E-state index in [1.807, 2.05) is 32.0 Å². The minimum absolute atomic E-state index is 0.228. The Morgan fingerprint density at radius 3 is 2.74 bits per heavy atom. The van der Waals surface area contributed by atoms with E-state index < -0.39 is 0 Å². The number of ether oxygens (including phenoxy) is 1. The van der Waals surface area contributed by atoms with Crippen molar-refractivity contribution in [3.05, 3.63) is 42.0 Å². The second-order valence-corrected chi connectivity index (χ2v) is 4.55. The van der Waals surface area contributed by atoms with Crippen LogP contribution in [0.2, 0.25) is 0 Å². The van der Waals surface area contributed by atoms with Gasteiger partial charge in [-0.1, -0.05) is 19.9 Å². The van der Waals surface area contributed by atoms with Crippen molar-refractivity contribution in [3.63, 3.8) is 0 Å². The lowest BCUT2D eigenvalue weighted by Gasteiger charge is -2.13. The van der Waals surface area contributed by atoms with Crippen LogP contribution >= 0.6 is 0 Å². The maximum Gasteiger partial charge on any atom is 0.222 e. The van der Waals surface area contributed by atoms with Gasteiger partial charge in [0, 0.05) is 18.3 Å². The predicted molar refractivity (Wildman–Crippen MR) is 74.0 cm³/mol. The van der Waals surface area contributed by atoms with Gasteiger partial charge in [-0.05, 0) is 18.1 Å². The Kier molecular flexibility index (Phi) is 4.28. The number of hydrogen-bond acceptors (Lipinski definition) is 5. The van der Waals surface area contributed by atoms with Crippen LogP contribution in [0.3, 0.4) is 0 Å². The number of rotatable bonds is 5. The number of anilines is 1. The number of nitrogen functional groups attached to an aromatic ring is 1. The van der Waals surface area contributed by atoms with E-state index >= 15 is 0 Å². The molecule has 2 rings (SSSR count). The zero-order chi connectivity index (χ0) is 13.7. The third-order valence-electron chi connectivity index (χ3n) is 2.78. The molecule has 2 aromatic rings. The lowest BCUT2D eigenvalue weighted by atomic mass is 10.1. The third-order valence-corrected chi connectivity index (χ3v) is 2.78. The molecule has 0 saturated carbocycles. The molecule has 100 valence electrons. The van der Waals surface area contributed by atoms with Crippen molar-refractivity contribution in [2.45, 2.75) is 26.2 Å². The fourth-order valence-corrected chi connectivity index (χ4v) is 1.85. The summed E-state index contributed by atoms with van der Waals surface area (Å²) >= 11 is 0. The van der Waals surface area contributed by atoms with Crippen LogP contribution < -0.4 is 10.5 Å². The third kappa shape index (κ3) is 3.40. The van der Waals surface area contributed by atoms with Crippen molar-refractivity contribution in [3.8, 4) is 5.88 Å². The van der Waals surface area contributed by atoms with Gasteiger partial charge >= 0.3 is 0 Å². The van der Waals surface area contributed by atoms with Crippen LogP contribution in [0.1, 0.15) is 31.0 Å². The molecule has 0 unspecified atom stereocenters. The van der Waals surface area contributed by atoms with Crippen LogP contribution in [0.25, 0.3) is 0 Å². The van der Waals surface area contributed by atoms with Crippen LogP contribution in [0.5, 0.6) is 5.88 Å². The minimum atomic E-state index is 0.228. The molecule has 0 bridgehead atoms. The second kappa shape index (κ2) is 6.13. The van der Waals surface area contributed by atoms with E-state index in [0.717, 1.165) is 17.7 Å². The highest BCUT2D eigenvalue weighted by Gasteiger charge is 2.14. The first-order chi connectivity index (χ1) is 9.18. The zero-order valence-corrected chi connectivity index (χ0v) is 11.2. The minimum Gasteiger partial charge on any atom is -0.477 e. The average molecular weight is 258 g/mol. The number of nitrogens with zero attached hydrogens (tertiary/aromatic N) is 3. The molecule has 5 nitrogen and oxygen atoms in total. The maximum atomic E-state index is 5.86. The van der Waals surface area contributed by atoms with Crippen LogP contribution in [0, 0.1) is 0 Å². The lowest BCUT2D eigenvalue weighted by Crippen LogP contribution is -2.09. The van der Waals surface area contributed by atoms with Gasteiger partial charge in [0.05, 0.1) is 12.2 Å². The molecule has 0 radical (unpaired) electrons. The lowest BCUT2D eigenvalue weighted by molar-refractivity contribution is 0.303. The predicted octanol–water partition coefficient (Wildman–Crippen LogP) is 2.20. The topological polar surface area (TPSA) is 73.9 Å². The van der Waals surface area contributed by atoms with Crippen molar-refractivity contribution < 1.29 is 4.74 Å². The number of nitrogens with two attached hydrogens (primary N) is 1. The molecule has 2 heterocycles. The first-order valence-electron chi connectivity index (χ1n) is 6.31. The van der Waals surface area contributed by atoms with Gasteiger partial charge in [-0.25, -0.2) is 9.97 Å². The summed E-state index contributed by atoms with van der Waals surface area (Å²) in [6, 6.07) is 5.83. The van der Waals surface area contributed by atoms with Crippen molar-refractivity contribution >= 4 is 5.82 Å². The fourth-order valence-electron chi connectivity index (χ4n) is 1.85. The van der Waals surface area contributed by atoms with E-state index in [4.69, 9.17) is 10.5 Å². The number of pyridine rings is 1. The zero-order valence-electron chi connectivity index (χ0n) is 11.2. The van der Waals surface area contributed by atoms with Crippen LogP contribution in [-0.2, 0) is 6.42 Å². The van der Waals surface area contributed by atoms with E-state index in [1.165, 1.54) is 6.33 Å². The van der Waals surface area contributed by atoms with E-state index in [2.05, 4.69) is 15.0 Å². The van der Waals surface area contributed by atoms with Crippen molar-refractivity contribution in [2.75, 3.05) is 12.3 Å². The van der Waals surface area contributed by atoms with Crippen molar-refractivity contribution in [1.82, 2.24) is 15.0 Å². The molecule has 0 aliphatic rings. The molecule has 0 aliphatic carbocycles. The first-order valence-corrected chi connectivity index (χ1v) is 6.31. The van der Waals surface area contributed by atoms with Crippen LogP contribution in [0.15, 0.2) is 30.7 Å². The Morgan fingerprint density at radius 1 is 1.21 bits per heavy atom. The quantitative estimate of drug-likeness (QED) is 0.890. The molecular formula is C14H18N4O. The molecular weight excluding hydrogens is 240 g/mol. The van der Waals surface area contributed by atoms with Gasteiger partial charge in [0.15, 0.2) is 0 Å². The summed E-state index contributed by atoms with van der Waals surface area (Å²) < 4.78 is 5.71. The normalized spacial score (nSPS) is 10.7. The maximum absolute atomic E-state index is 5.86. The van der Waals surface area contributed by atoms with Crippen LogP contribution in [-0.4, -0.2) is 21.6 Å². The van der Waals surface area contributed by atoms with Gasteiger partial charge in [-0.3, -0.25) is 4.98 Å². The summed E-state index contributed by atoms with van der Waals surface area (Å²) in [5.74, 6) is 1.28. The standard InChI is InChI=1S/C14H18N4O/c1-10(2)12-13(15)17-9-18-14(12)19-8-6-11-5-3-4-7-16-11/h3-5,7,9-10H,6,8H2,1-2H3,(H2,15,17,18). The van der Waals surface area contributed by atoms with Crippen molar-refractivity contribution in [1.29, 1.82) is 0 Å². The van der Waals surface area contributed by atoms with E-state index in [1.54, 1.807) is 6.20 Å². The average Bonchev–Trinajstić information content (AvgIpc) is 2.39. The summed E-state index contributed by atoms with van der Waals surface area (Å²) in [4.78, 5) is 12.4. The molecule has 0 spiro atoms. The monoisotopic (exact) mass is 258 g/mol. The summed E-state index contributed by atoms with van der Waals surface area (Å²) in [6.45, 7) is 4.61. The highest BCUT2D eigenvalue weighted by atomic mass is 16.5. The van der Waals surface area contributed by atoms with Gasteiger partial charge in [0.25, 0.3) is 0 Å². The van der Waals surface area contributed by atoms with E-state index in [9.17, 15) is 0 Å². The summed E-state index contributed by atoms with van der Waals surface area (Å²) in [5, 5.41) is 0. The van der Waals surface area contributed by atoms with Gasteiger partial charge in [-0.2, -0.15) is 0 Å².